The molecule has 0 unspecified atom stereocenters. The number of nitro groups is 1. The second kappa shape index (κ2) is 7.59. The SMILES string of the molecule is Cc1cc(OC(=O)c2nn(-c3ccccc3)nc2C)n(-c2ccc([N+](=O)[O-])cc2)n1. The molecule has 150 valence electrons. The first-order chi connectivity index (χ1) is 14.4. The Bertz CT molecular complexity index is 1230. The van der Waals surface area contributed by atoms with Gasteiger partial charge in [0.15, 0.2) is 5.69 Å². The monoisotopic (exact) mass is 404 g/mol. The number of aryl methyl sites for hydroxylation is 2. The summed E-state index contributed by atoms with van der Waals surface area (Å²) in [6.45, 7) is 3.41. The van der Waals surface area contributed by atoms with Crippen LogP contribution in [0, 0.1) is 24.0 Å². The van der Waals surface area contributed by atoms with E-state index in [0.717, 1.165) is 0 Å². The lowest BCUT2D eigenvalue weighted by molar-refractivity contribution is -0.384. The molecule has 0 saturated carbocycles. The number of nitrogens with zero attached hydrogens (tertiary/aromatic N) is 6. The van der Waals surface area contributed by atoms with E-state index in [-0.39, 0.29) is 17.3 Å². The van der Waals surface area contributed by atoms with Crippen molar-refractivity contribution in [2.45, 2.75) is 13.8 Å². The number of esters is 1. The molecule has 10 heteroatoms. The third-order valence-corrected chi connectivity index (χ3v) is 4.26. The Labute approximate surface area is 170 Å². The highest BCUT2D eigenvalue weighted by atomic mass is 16.6. The summed E-state index contributed by atoms with van der Waals surface area (Å²) >= 11 is 0. The molecule has 0 aliphatic heterocycles. The largest absolute Gasteiger partial charge is 0.402 e. The molecule has 0 fully saturated rings. The average molecular weight is 404 g/mol. The molecule has 0 N–H and O–H groups in total. The lowest BCUT2D eigenvalue weighted by Gasteiger charge is -2.07. The minimum atomic E-state index is -0.683. The van der Waals surface area contributed by atoms with Gasteiger partial charge in [0.25, 0.3) is 5.69 Å². The first kappa shape index (κ1) is 19.0. The fourth-order valence-corrected chi connectivity index (χ4v) is 2.84. The minimum absolute atomic E-state index is 0.0469. The van der Waals surface area contributed by atoms with Crippen LogP contribution in [0.5, 0.6) is 5.88 Å². The van der Waals surface area contributed by atoms with Crippen molar-refractivity contribution in [2.24, 2.45) is 0 Å². The van der Waals surface area contributed by atoms with Crippen molar-refractivity contribution in [1.29, 1.82) is 0 Å². The predicted molar refractivity (Wildman–Crippen MR) is 106 cm³/mol. The van der Waals surface area contributed by atoms with Gasteiger partial charge in [-0.05, 0) is 38.1 Å². The quantitative estimate of drug-likeness (QED) is 0.285. The topological polar surface area (TPSA) is 118 Å². The van der Waals surface area contributed by atoms with Gasteiger partial charge in [-0.15, -0.1) is 5.10 Å². The van der Waals surface area contributed by atoms with Crippen molar-refractivity contribution >= 4 is 11.7 Å². The number of carbonyl (C=O) groups excluding carboxylic acids is 1. The van der Waals surface area contributed by atoms with Crippen molar-refractivity contribution in [3.8, 4) is 17.3 Å². The zero-order valence-electron chi connectivity index (χ0n) is 16.1. The molecule has 2 heterocycles. The normalized spacial score (nSPS) is 10.7. The number of hydrogen-bond donors (Lipinski definition) is 0. The highest BCUT2D eigenvalue weighted by Crippen LogP contribution is 2.22. The second-order valence-corrected chi connectivity index (χ2v) is 6.46. The minimum Gasteiger partial charge on any atom is -0.402 e. The first-order valence-corrected chi connectivity index (χ1v) is 8.95. The summed E-state index contributed by atoms with van der Waals surface area (Å²) in [7, 11) is 0. The lowest BCUT2D eigenvalue weighted by atomic mass is 10.3. The average Bonchev–Trinajstić information content (AvgIpc) is 3.31. The molecule has 0 radical (unpaired) electrons. The van der Waals surface area contributed by atoms with Gasteiger partial charge in [0.1, 0.15) is 0 Å². The van der Waals surface area contributed by atoms with Gasteiger partial charge in [-0.1, -0.05) is 18.2 Å². The zero-order chi connectivity index (χ0) is 21.3. The van der Waals surface area contributed by atoms with Crippen LogP contribution in [0.2, 0.25) is 0 Å². The Morgan fingerprint density at radius 1 is 0.967 bits per heavy atom. The third-order valence-electron chi connectivity index (χ3n) is 4.26. The highest BCUT2D eigenvalue weighted by molar-refractivity contribution is 5.89. The van der Waals surface area contributed by atoms with Crippen LogP contribution in [0.1, 0.15) is 21.9 Å². The molecule has 0 saturated heterocycles. The zero-order valence-corrected chi connectivity index (χ0v) is 16.1. The molecule has 0 atom stereocenters. The van der Waals surface area contributed by atoms with Crippen molar-refractivity contribution in [1.82, 2.24) is 24.8 Å². The molecular formula is C20H16N6O4. The van der Waals surface area contributed by atoms with Crippen molar-refractivity contribution in [3.05, 3.63) is 87.9 Å². The number of ether oxygens (including phenoxy) is 1. The van der Waals surface area contributed by atoms with Crippen LogP contribution in [0.25, 0.3) is 11.4 Å². The molecule has 30 heavy (non-hydrogen) atoms. The van der Waals surface area contributed by atoms with Crippen LogP contribution in [0.15, 0.2) is 60.7 Å². The molecule has 0 bridgehead atoms. The molecule has 0 spiro atoms. The van der Waals surface area contributed by atoms with E-state index in [9.17, 15) is 14.9 Å². The van der Waals surface area contributed by atoms with Gasteiger partial charge < -0.3 is 4.74 Å². The second-order valence-electron chi connectivity index (χ2n) is 6.46. The molecule has 2 aromatic heterocycles. The summed E-state index contributed by atoms with van der Waals surface area (Å²) in [5.74, 6) is -0.516. The van der Waals surface area contributed by atoms with Gasteiger partial charge in [-0.3, -0.25) is 10.1 Å². The van der Waals surface area contributed by atoms with E-state index in [1.165, 1.54) is 33.7 Å². The fraction of sp³-hybridized carbons (Fsp3) is 0.100. The van der Waals surface area contributed by atoms with E-state index in [0.29, 0.717) is 22.8 Å². The molecule has 4 aromatic rings. The number of rotatable bonds is 5. The Morgan fingerprint density at radius 2 is 1.67 bits per heavy atom. The van der Waals surface area contributed by atoms with Crippen LogP contribution < -0.4 is 4.74 Å². The summed E-state index contributed by atoms with van der Waals surface area (Å²) in [6.07, 6.45) is 0. The van der Waals surface area contributed by atoms with Crippen LogP contribution in [-0.2, 0) is 0 Å². The molecule has 0 aliphatic rings. The number of carbonyl (C=O) groups is 1. The summed E-state index contributed by atoms with van der Waals surface area (Å²) < 4.78 is 6.92. The standard InChI is InChI=1S/C20H16N6O4/c1-13-12-18(24(21-13)15-8-10-17(11-9-15)26(28)29)30-20(27)19-14(2)22-25(23-19)16-6-4-3-5-7-16/h3-12H,1-2H3. The number of aromatic nitrogens is 5. The number of benzene rings is 2. The molecule has 0 aliphatic carbocycles. The third kappa shape index (κ3) is 3.65. The highest BCUT2D eigenvalue weighted by Gasteiger charge is 2.21. The van der Waals surface area contributed by atoms with Crippen molar-refractivity contribution < 1.29 is 14.5 Å². The van der Waals surface area contributed by atoms with E-state index in [4.69, 9.17) is 4.74 Å². The summed E-state index contributed by atoms with van der Waals surface area (Å²) in [6, 6.07) is 16.6. The molecular weight excluding hydrogens is 388 g/mol. The van der Waals surface area contributed by atoms with E-state index in [1.807, 2.05) is 30.3 Å². The maximum absolute atomic E-state index is 12.7. The molecule has 10 nitrogen and oxygen atoms in total. The maximum atomic E-state index is 12.7. The maximum Gasteiger partial charge on any atom is 0.367 e. The predicted octanol–water partition coefficient (Wildman–Crippen LogP) is 3.20. The summed E-state index contributed by atoms with van der Waals surface area (Å²) in [5, 5.41) is 23.7. The van der Waals surface area contributed by atoms with E-state index in [1.54, 1.807) is 19.9 Å². The van der Waals surface area contributed by atoms with Crippen LogP contribution >= 0.6 is 0 Å². The molecule has 4 rings (SSSR count). The fourth-order valence-electron chi connectivity index (χ4n) is 2.84. The van der Waals surface area contributed by atoms with Gasteiger partial charge in [0, 0.05) is 18.2 Å². The van der Waals surface area contributed by atoms with Crippen molar-refractivity contribution in [2.75, 3.05) is 0 Å². The van der Waals surface area contributed by atoms with E-state index >= 15 is 0 Å². The van der Waals surface area contributed by atoms with Gasteiger partial charge in [-0.2, -0.15) is 15.0 Å². The first-order valence-electron chi connectivity index (χ1n) is 8.95. The Balaban J connectivity index is 1.62. The van der Waals surface area contributed by atoms with Crippen LogP contribution in [0.3, 0.4) is 0 Å². The van der Waals surface area contributed by atoms with E-state index in [2.05, 4.69) is 15.3 Å². The Morgan fingerprint density at radius 3 is 2.33 bits per heavy atom. The van der Waals surface area contributed by atoms with Crippen LogP contribution in [0.4, 0.5) is 5.69 Å². The van der Waals surface area contributed by atoms with Crippen LogP contribution in [-0.4, -0.2) is 35.7 Å². The van der Waals surface area contributed by atoms with Crippen molar-refractivity contribution in [3.63, 3.8) is 0 Å². The number of hydrogen-bond acceptors (Lipinski definition) is 7. The molecule has 2 aromatic carbocycles. The Kier molecular flexibility index (Phi) is 4.80. The summed E-state index contributed by atoms with van der Waals surface area (Å²) in [4.78, 5) is 24.5. The number of nitro benzene ring substituents is 1. The lowest BCUT2D eigenvalue weighted by Crippen LogP contribution is -2.14. The van der Waals surface area contributed by atoms with Gasteiger partial charge in [0.2, 0.25) is 5.88 Å². The smallest absolute Gasteiger partial charge is 0.367 e. The van der Waals surface area contributed by atoms with Gasteiger partial charge in [0.05, 0.1) is 27.7 Å². The Hall–Kier alpha value is -4.34. The number of para-hydroxylation sites is 1. The van der Waals surface area contributed by atoms with Gasteiger partial charge in [-0.25, -0.2) is 9.48 Å². The van der Waals surface area contributed by atoms with E-state index < -0.39 is 10.9 Å². The summed E-state index contributed by atoms with van der Waals surface area (Å²) in [5.41, 5.74) is 2.29. The molecule has 0 amide bonds. The van der Waals surface area contributed by atoms with Gasteiger partial charge >= 0.3 is 5.97 Å². The number of non-ortho nitro benzene ring substituents is 1.